The molecule has 0 heteroatoms. The Balaban J connectivity index is 0. The Morgan fingerprint density at radius 3 is 1.29 bits per heavy atom. The molecule has 0 bridgehead atoms. The van der Waals surface area contributed by atoms with Crippen molar-refractivity contribution in [1.29, 1.82) is 0 Å². The average Bonchev–Trinajstić information content (AvgIpc) is 1.61. The van der Waals surface area contributed by atoms with Gasteiger partial charge in [0.15, 0.2) is 0 Å². The third-order valence-corrected chi connectivity index (χ3v) is 0.957. The van der Waals surface area contributed by atoms with Gasteiger partial charge in [0.1, 0.15) is 0 Å². The second-order valence-electron chi connectivity index (χ2n) is 1.71. The molecule has 7 heavy (non-hydrogen) atoms. The van der Waals surface area contributed by atoms with Crippen LogP contribution in [0.5, 0.6) is 0 Å². The molecule has 0 N–H and O–H groups in total. The third-order valence-electron chi connectivity index (χ3n) is 0.957. The Hall–Kier alpha value is 0. The number of hydrogen-bond acceptors (Lipinski definition) is 0. The topological polar surface area (TPSA) is 0 Å². The fourth-order valence-corrected chi connectivity index (χ4v) is 0.500. The van der Waals surface area contributed by atoms with Crippen LogP contribution >= 0.6 is 0 Å². The molecule has 0 aliphatic heterocycles. The van der Waals surface area contributed by atoms with Gasteiger partial charge in [-0.3, -0.25) is 0 Å². The molecule has 0 aromatic carbocycles. The van der Waals surface area contributed by atoms with E-state index < -0.39 is 0 Å². The predicted octanol–water partition coefficient (Wildman–Crippen LogP) is 2.67. The van der Waals surface area contributed by atoms with E-state index in [0.717, 1.165) is 0 Å². The van der Waals surface area contributed by atoms with E-state index >= 15 is 0 Å². The molecule has 42 valence electrons. The van der Waals surface area contributed by atoms with Gasteiger partial charge in [-0.05, 0) is 0 Å². The van der Waals surface area contributed by atoms with Crippen molar-refractivity contribution in [3.05, 3.63) is 7.43 Å². The monoisotopic (exact) mass is 98.1 g/mol. The molecule has 0 nitrogen and oxygen atoms in total. The fourth-order valence-electron chi connectivity index (χ4n) is 0.500. The van der Waals surface area contributed by atoms with Crippen LogP contribution in [-0.2, 0) is 0 Å². The molecule has 0 aliphatic carbocycles. The van der Waals surface area contributed by atoms with Crippen molar-refractivity contribution in [3.8, 4) is 0 Å². The van der Waals surface area contributed by atoms with Crippen LogP contribution in [0.3, 0.4) is 0 Å². The Labute approximate surface area is 47.9 Å². The first kappa shape index (κ1) is 10.1. The van der Waals surface area contributed by atoms with Crippen LogP contribution in [0.1, 0.15) is 39.5 Å². The van der Waals surface area contributed by atoms with Gasteiger partial charge < -0.3 is 0 Å². The summed E-state index contributed by atoms with van der Waals surface area (Å²) in [5.41, 5.74) is 0. The summed E-state index contributed by atoms with van der Waals surface area (Å²) >= 11 is 0. The highest BCUT2D eigenvalue weighted by Crippen LogP contribution is 1.95. The quantitative estimate of drug-likeness (QED) is 0.476. The molecule has 0 amide bonds. The minimum absolute atomic E-state index is 0. The molecule has 0 aliphatic rings. The summed E-state index contributed by atoms with van der Waals surface area (Å²) < 4.78 is 0. The van der Waals surface area contributed by atoms with Gasteiger partial charge in [0, 0.05) is 7.43 Å². The average molecular weight is 98.2 g/mol. The van der Waals surface area contributed by atoms with Crippen molar-refractivity contribution in [2.24, 2.45) is 0 Å². The molecule has 0 unspecified atom stereocenters. The summed E-state index contributed by atoms with van der Waals surface area (Å²) in [6.45, 7) is 4.46. The van der Waals surface area contributed by atoms with Crippen LogP contribution in [0.25, 0.3) is 0 Å². The normalized spacial score (nSPS) is 7.71. The maximum atomic E-state index is 2.23. The highest BCUT2D eigenvalue weighted by Gasteiger charge is 1.75. The van der Waals surface area contributed by atoms with Crippen LogP contribution in [0.4, 0.5) is 0 Å². The standard InChI is InChI=1S/C6H14.C/c1-3-5-6-4-2;/h3-6H2,1-2H3;. The maximum absolute atomic E-state index is 2.23. The molecular formula is C7H14. The van der Waals surface area contributed by atoms with Crippen molar-refractivity contribution in [2.75, 3.05) is 0 Å². The van der Waals surface area contributed by atoms with Gasteiger partial charge in [-0.2, -0.15) is 0 Å². The fraction of sp³-hybridized carbons (Fsp3) is 0.857. The Morgan fingerprint density at radius 1 is 0.857 bits per heavy atom. The van der Waals surface area contributed by atoms with Gasteiger partial charge in [-0.15, -0.1) is 0 Å². The summed E-state index contributed by atoms with van der Waals surface area (Å²) in [6.07, 6.45) is 5.54. The molecule has 0 saturated carbocycles. The minimum atomic E-state index is 0. The lowest BCUT2D eigenvalue weighted by Gasteiger charge is -1.86. The third kappa shape index (κ3) is 10.7. The molecule has 0 atom stereocenters. The second kappa shape index (κ2) is 9.38. The van der Waals surface area contributed by atoms with E-state index in [2.05, 4.69) is 13.8 Å². The summed E-state index contributed by atoms with van der Waals surface area (Å²) in [4.78, 5) is 0. The van der Waals surface area contributed by atoms with E-state index in [0.29, 0.717) is 0 Å². The molecule has 0 aromatic rings. The van der Waals surface area contributed by atoms with E-state index in [1.54, 1.807) is 0 Å². The van der Waals surface area contributed by atoms with E-state index in [1.165, 1.54) is 25.7 Å². The molecule has 4 radical (unpaired) electrons. The van der Waals surface area contributed by atoms with Crippen molar-refractivity contribution in [3.63, 3.8) is 0 Å². The summed E-state index contributed by atoms with van der Waals surface area (Å²) in [6, 6.07) is 0. The SMILES string of the molecule is CCCCCC.[C]. The van der Waals surface area contributed by atoms with E-state index in [9.17, 15) is 0 Å². The van der Waals surface area contributed by atoms with Gasteiger partial charge >= 0.3 is 0 Å². The molecule has 0 rings (SSSR count). The zero-order chi connectivity index (χ0) is 4.83. The molecule has 0 fully saturated rings. The number of hydrogen-bond donors (Lipinski definition) is 0. The lowest BCUT2D eigenvalue weighted by Crippen LogP contribution is -1.66. The zero-order valence-corrected chi connectivity index (χ0v) is 5.33. The maximum Gasteiger partial charge on any atom is 0 e. The predicted molar refractivity (Wildman–Crippen MR) is 33.1 cm³/mol. The van der Waals surface area contributed by atoms with E-state index in [1.807, 2.05) is 0 Å². The minimum Gasteiger partial charge on any atom is -0.0654 e. The molecular weight excluding hydrogens is 84.1 g/mol. The summed E-state index contributed by atoms with van der Waals surface area (Å²) in [7, 11) is 0. The van der Waals surface area contributed by atoms with Crippen LogP contribution in [0.2, 0.25) is 0 Å². The van der Waals surface area contributed by atoms with Crippen LogP contribution < -0.4 is 0 Å². The van der Waals surface area contributed by atoms with Crippen LogP contribution in [0.15, 0.2) is 0 Å². The van der Waals surface area contributed by atoms with Gasteiger partial charge in [-0.25, -0.2) is 0 Å². The first-order valence-electron chi connectivity index (χ1n) is 2.91. The largest absolute Gasteiger partial charge is 0.0654 e. The highest BCUT2D eigenvalue weighted by atomic mass is 13.8. The molecule has 0 saturated heterocycles. The van der Waals surface area contributed by atoms with Gasteiger partial charge in [0.05, 0.1) is 0 Å². The van der Waals surface area contributed by atoms with Crippen molar-refractivity contribution in [2.45, 2.75) is 39.5 Å². The smallest absolute Gasteiger partial charge is 0 e. The lowest BCUT2D eigenvalue weighted by atomic mass is 10.2. The second-order valence-corrected chi connectivity index (χ2v) is 1.71. The Morgan fingerprint density at radius 2 is 1.14 bits per heavy atom. The Kier molecular flexibility index (Phi) is 13.5. The Bertz CT molecular complexity index is 12.0. The highest BCUT2D eigenvalue weighted by molar-refractivity contribution is 4.31. The van der Waals surface area contributed by atoms with Crippen molar-refractivity contribution < 1.29 is 0 Å². The first-order valence-corrected chi connectivity index (χ1v) is 2.91. The first-order chi connectivity index (χ1) is 2.91. The van der Waals surface area contributed by atoms with Gasteiger partial charge in [-0.1, -0.05) is 39.5 Å². The van der Waals surface area contributed by atoms with E-state index in [4.69, 9.17) is 0 Å². The summed E-state index contributed by atoms with van der Waals surface area (Å²) in [5, 5.41) is 0. The van der Waals surface area contributed by atoms with Crippen molar-refractivity contribution >= 4 is 0 Å². The van der Waals surface area contributed by atoms with Crippen LogP contribution in [-0.4, -0.2) is 0 Å². The van der Waals surface area contributed by atoms with Gasteiger partial charge in [0.25, 0.3) is 0 Å². The molecule has 0 heterocycles. The number of unbranched alkanes of at least 4 members (excludes halogenated alkanes) is 3. The summed E-state index contributed by atoms with van der Waals surface area (Å²) in [5.74, 6) is 0. The van der Waals surface area contributed by atoms with E-state index in [-0.39, 0.29) is 7.43 Å². The lowest BCUT2D eigenvalue weighted by molar-refractivity contribution is 0.702. The van der Waals surface area contributed by atoms with Gasteiger partial charge in [0.2, 0.25) is 0 Å². The molecule has 0 spiro atoms. The van der Waals surface area contributed by atoms with Crippen molar-refractivity contribution in [1.82, 2.24) is 0 Å². The van der Waals surface area contributed by atoms with Crippen LogP contribution in [0, 0.1) is 7.43 Å². The zero-order valence-electron chi connectivity index (χ0n) is 5.33. The molecule has 0 aromatic heterocycles. The number of rotatable bonds is 3.